The molecule has 0 spiro atoms. The molecule has 0 unspecified atom stereocenters. The molecular weight excluding hydrogens is 551 g/mol. The third-order valence-electron chi connectivity index (χ3n) is 7.32. The Balaban J connectivity index is 1.19. The van der Waals surface area contributed by atoms with E-state index < -0.39 is 12.2 Å². The lowest BCUT2D eigenvalue weighted by Gasteiger charge is -2.18. The zero-order valence-corrected chi connectivity index (χ0v) is 25.2. The van der Waals surface area contributed by atoms with E-state index in [-0.39, 0.29) is 12.1 Å². The Labute approximate surface area is 254 Å². The molecule has 4 aromatic rings. The third-order valence-corrected chi connectivity index (χ3v) is 7.79. The molecule has 0 heterocycles. The Bertz CT molecular complexity index is 1260. The maximum absolute atomic E-state index is 10.5. The highest BCUT2D eigenvalue weighted by Gasteiger charge is 2.12. The summed E-state index contributed by atoms with van der Waals surface area (Å²) in [6.07, 6.45) is 1.49. The van der Waals surface area contributed by atoms with Crippen molar-refractivity contribution in [2.45, 2.75) is 57.4 Å². The van der Waals surface area contributed by atoms with Crippen molar-refractivity contribution >= 4 is 23.2 Å². The Kier molecular flexibility index (Phi) is 11.8. The number of halogens is 2. The molecule has 0 fully saturated rings. The van der Waals surface area contributed by atoms with E-state index >= 15 is 0 Å². The van der Waals surface area contributed by atoms with Gasteiger partial charge >= 0.3 is 0 Å². The third kappa shape index (κ3) is 10.3. The molecule has 0 aliphatic carbocycles. The fourth-order valence-corrected chi connectivity index (χ4v) is 5.36. The average molecular weight is 592 g/mol. The van der Waals surface area contributed by atoms with Gasteiger partial charge in [0, 0.05) is 35.2 Å². The molecule has 0 aliphatic heterocycles. The quantitative estimate of drug-likeness (QED) is 0.126. The lowest BCUT2D eigenvalue weighted by molar-refractivity contribution is 0.170. The number of hydrogen-bond donors (Lipinski definition) is 4. The van der Waals surface area contributed by atoms with E-state index in [0.717, 1.165) is 30.4 Å². The molecule has 0 saturated carbocycles. The van der Waals surface area contributed by atoms with Crippen LogP contribution in [-0.4, -0.2) is 35.4 Å². The number of nitrogens with one attached hydrogen (secondary N) is 2. The van der Waals surface area contributed by atoms with Crippen LogP contribution in [0.4, 0.5) is 0 Å². The van der Waals surface area contributed by atoms with Gasteiger partial charge in [-0.25, -0.2) is 0 Å². The largest absolute Gasteiger partial charge is 0.387 e. The van der Waals surface area contributed by atoms with Crippen molar-refractivity contribution in [2.75, 3.05) is 13.1 Å². The summed E-state index contributed by atoms with van der Waals surface area (Å²) in [6, 6.07) is 32.8. The molecular formula is C35H40Cl2N2O2. The first-order chi connectivity index (χ1) is 19.7. The highest BCUT2D eigenvalue weighted by molar-refractivity contribution is 6.30. The van der Waals surface area contributed by atoms with Crippen LogP contribution in [0.3, 0.4) is 0 Å². The minimum Gasteiger partial charge on any atom is -0.387 e. The van der Waals surface area contributed by atoms with Crippen LogP contribution in [0.1, 0.15) is 59.4 Å². The van der Waals surface area contributed by atoms with Gasteiger partial charge in [0.1, 0.15) is 0 Å². The van der Waals surface area contributed by atoms with Crippen molar-refractivity contribution in [3.05, 3.63) is 140 Å². The van der Waals surface area contributed by atoms with Gasteiger partial charge < -0.3 is 20.8 Å². The van der Waals surface area contributed by atoms with Gasteiger partial charge in [-0.2, -0.15) is 0 Å². The molecule has 41 heavy (non-hydrogen) atoms. The lowest BCUT2D eigenvalue weighted by Crippen LogP contribution is -2.32. The summed E-state index contributed by atoms with van der Waals surface area (Å²) in [4.78, 5) is 0. The van der Waals surface area contributed by atoms with Crippen molar-refractivity contribution in [3.63, 3.8) is 0 Å². The van der Waals surface area contributed by atoms with Crippen molar-refractivity contribution in [1.29, 1.82) is 0 Å². The smallest absolute Gasteiger partial charge is 0.0914 e. The SMILES string of the molecule is C[C@H](Cc1ccc(Cc2ccc(C[C@@H](C)NC[C@H](O)c3cccc(Cl)c3)cc2)cc1)NC[C@H](O)c1cccc(Cl)c1. The van der Waals surface area contributed by atoms with Gasteiger partial charge in [-0.1, -0.05) is 96.0 Å². The molecule has 0 radical (unpaired) electrons. The standard InChI is InChI=1S/C35H40Cl2N2O2/c1-24(38-22-34(40)30-5-3-7-32(36)20-30)17-26-9-13-28(14-10-26)19-29-15-11-27(12-16-29)18-25(2)39-23-35(41)31-6-4-8-33(37)21-31/h3-16,20-21,24-25,34-35,38-41H,17-19,22-23H2,1-2H3/t24-,25-,34+,35+/m1/s1. The van der Waals surface area contributed by atoms with Crippen LogP contribution >= 0.6 is 23.2 Å². The van der Waals surface area contributed by atoms with Gasteiger partial charge in [-0.05, 0) is 90.8 Å². The van der Waals surface area contributed by atoms with Crippen LogP contribution in [0.25, 0.3) is 0 Å². The van der Waals surface area contributed by atoms with Crippen LogP contribution < -0.4 is 10.6 Å². The van der Waals surface area contributed by atoms with E-state index in [1.807, 2.05) is 36.4 Å². The van der Waals surface area contributed by atoms with Crippen molar-refractivity contribution < 1.29 is 10.2 Å². The van der Waals surface area contributed by atoms with Crippen LogP contribution in [-0.2, 0) is 19.3 Å². The Morgan fingerprint density at radius 1 is 0.561 bits per heavy atom. The van der Waals surface area contributed by atoms with Gasteiger partial charge in [0.15, 0.2) is 0 Å². The Hall–Kier alpha value is -2.70. The summed E-state index contributed by atoms with van der Waals surface area (Å²) in [5, 5.41) is 29.0. The van der Waals surface area contributed by atoms with E-state index in [0.29, 0.717) is 23.1 Å². The first-order valence-electron chi connectivity index (χ1n) is 14.2. The molecule has 216 valence electrons. The molecule has 4 nitrogen and oxygen atoms in total. The zero-order valence-electron chi connectivity index (χ0n) is 23.7. The first kappa shape index (κ1) is 31.2. The Morgan fingerprint density at radius 2 is 0.927 bits per heavy atom. The molecule has 6 heteroatoms. The van der Waals surface area contributed by atoms with E-state index in [1.54, 1.807) is 12.1 Å². The summed E-state index contributed by atoms with van der Waals surface area (Å²) in [6.45, 7) is 5.24. The minimum atomic E-state index is -0.586. The number of aliphatic hydroxyl groups is 2. The first-order valence-corrected chi connectivity index (χ1v) is 15.0. The van der Waals surface area contributed by atoms with E-state index in [2.05, 4.69) is 73.0 Å². The molecule has 4 aromatic carbocycles. The van der Waals surface area contributed by atoms with Crippen LogP contribution in [0.2, 0.25) is 10.0 Å². The predicted molar refractivity (Wildman–Crippen MR) is 171 cm³/mol. The van der Waals surface area contributed by atoms with Crippen LogP contribution in [0, 0.1) is 0 Å². The van der Waals surface area contributed by atoms with Crippen LogP contribution in [0.5, 0.6) is 0 Å². The van der Waals surface area contributed by atoms with Gasteiger partial charge in [-0.3, -0.25) is 0 Å². The summed E-state index contributed by atoms with van der Waals surface area (Å²) in [5.41, 5.74) is 6.75. The topological polar surface area (TPSA) is 64.5 Å². The molecule has 0 amide bonds. The second-order valence-corrected chi connectivity index (χ2v) is 11.9. The predicted octanol–water partition coefficient (Wildman–Crippen LogP) is 7.09. The highest BCUT2D eigenvalue weighted by Crippen LogP contribution is 2.19. The monoisotopic (exact) mass is 590 g/mol. The number of hydrogen-bond acceptors (Lipinski definition) is 4. The zero-order chi connectivity index (χ0) is 29.2. The van der Waals surface area contributed by atoms with Crippen molar-refractivity contribution in [3.8, 4) is 0 Å². The molecule has 0 aromatic heterocycles. The number of aliphatic hydroxyl groups excluding tert-OH is 2. The van der Waals surface area contributed by atoms with Gasteiger partial charge in [0.05, 0.1) is 12.2 Å². The molecule has 4 atom stereocenters. The molecule has 4 rings (SSSR count). The molecule has 0 bridgehead atoms. The highest BCUT2D eigenvalue weighted by atomic mass is 35.5. The minimum absolute atomic E-state index is 0.235. The second-order valence-electron chi connectivity index (χ2n) is 11.0. The van der Waals surface area contributed by atoms with Crippen molar-refractivity contribution in [1.82, 2.24) is 10.6 Å². The normalized spacial score (nSPS) is 14.4. The van der Waals surface area contributed by atoms with Gasteiger partial charge in [0.2, 0.25) is 0 Å². The maximum atomic E-state index is 10.5. The summed E-state index contributed by atoms with van der Waals surface area (Å²) >= 11 is 12.1. The van der Waals surface area contributed by atoms with Gasteiger partial charge in [-0.15, -0.1) is 0 Å². The lowest BCUT2D eigenvalue weighted by atomic mass is 9.99. The average Bonchev–Trinajstić information content (AvgIpc) is 2.96. The second kappa shape index (κ2) is 15.5. The fourth-order valence-electron chi connectivity index (χ4n) is 4.96. The van der Waals surface area contributed by atoms with Gasteiger partial charge in [0.25, 0.3) is 0 Å². The van der Waals surface area contributed by atoms with Crippen LogP contribution in [0.15, 0.2) is 97.1 Å². The fraction of sp³-hybridized carbons (Fsp3) is 0.314. The Morgan fingerprint density at radius 3 is 1.29 bits per heavy atom. The van der Waals surface area contributed by atoms with E-state index in [9.17, 15) is 10.2 Å². The van der Waals surface area contributed by atoms with E-state index in [1.165, 1.54) is 22.3 Å². The maximum Gasteiger partial charge on any atom is 0.0914 e. The number of benzene rings is 4. The van der Waals surface area contributed by atoms with Crippen molar-refractivity contribution in [2.24, 2.45) is 0 Å². The molecule has 0 saturated heterocycles. The summed E-state index contributed by atoms with van der Waals surface area (Å²) in [5.74, 6) is 0. The molecule has 0 aliphatic rings. The van der Waals surface area contributed by atoms with E-state index in [4.69, 9.17) is 23.2 Å². The summed E-state index contributed by atoms with van der Waals surface area (Å²) in [7, 11) is 0. The molecule has 4 N–H and O–H groups in total. The number of rotatable bonds is 14. The summed E-state index contributed by atoms with van der Waals surface area (Å²) < 4.78 is 0.